The van der Waals surface area contributed by atoms with Crippen LogP contribution in [0.5, 0.6) is 0 Å². The van der Waals surface area contributed by atoms with E-state index in [2.05, 4.69) is 34.3 Å². The van der Waals surface area contributed by atoms with Gasteiger partial charge in [0.2, 0.25) is 10.0 Å². The zero-order valence-corrected chi connectivity index (χ0v) is 11.5. The van der Waals surface area contributed by atoms with E-state index < -0.39 is 10.0 Å². The van der Waals surface area contributed by atoms with Gasteiger partial charge in [-0.3, -0.25) is 0 Å². The summed E-state index contributed by atoms with van der Waals surface area (Å²) in [7, 11) is -3.04. The molecule has 2 N–H and O–H groups in total. The zero-order valence-electron chi connectivity index (χ0n) is 10.6. The van der Waals surface area contributed by atoms with E-state index in [1.54, 1.807) is 0 Å². The summed E-state index contributed by atoms with van der Waals surface area (Å²) in [6, 6.07) is 8.54. The highest BCUT2D eigenvalue weighted by molar-refractivity contribution is 7.88. The molecule has 1 aromatic carbocycles. The van der Waals surface area contributed by atoms with Crippen molar-refractivity contribution in [3.8, 4) is 0 Å². The minimum Gasteiger partial charge on any atom is -0.316 e. The predicted molar refractivity (Wildman–Crippen MR) is 73.2 cm³/mol. The van der Waals surface area contributed by atoms with E-state index in [-0.39, 0.29) is 0 Å². The van der Waals surface area contributed by atoms with Gasteiger partial charge in [0.1, 0.15) is 0 Å². The van der Waals surface area contributed by atoms with Crippen LogP contribution in [0.3, 0.4) is 0 Å². The van der Waals surface area contributed by atoms with Crippen molar-refractivity contribution in [2.45, 2.75) is 18.8 Å². The Hall–Kier alpha value is -0.910. The summed E-state index contributed by atoms with van der Waals surface area (Å²) in [6.07, 6.45) is 3.16. The third-order valence-corrected chi connectivity index (χ3v) is 3.98. The largest absolute Gasteiger partial charge is 0.316 e. The molecule has 1 aromatic rings. The van der Waals surface area contributed by atoms with Crippen molar-refractivity contribution >= 4 is 10.0 Å². The summed E-state index contributed by atoms with van der Waals surface area (Å²) >= 11 is 0. The maximum absolute atomic E-state index is 10.8. The summed E-state index contributed by atoms with van der Waals surface area (Å²) in [5.74, 6) is 0.629. The molecule has 0 heterocycles. The Morgan fingerprint density at radius 1 is 1.28 bits per heavy atom. The van der Waals surface area contributed by atoms with Gasteiger partial charge in [0.15, 0.2) is 0 Å². The van der Waals surface area contributed by atoms with Crippen molar-refractivity contribution in [1.29, 1.82) is 0 Å². The van der Waals surface area contributed by atoms with Crippen LogP contribution < -0.4 is 10.0 Å². The monoisotopic (exact) mass is 268 g/mol. The van der Waals surface area contributed by atoms with Crippen LogP contribution in [0.4, 0.5) is 0 Å². The second kappa shape index (κ2) is 5.82. The first-order valence-electron chi connectivity index (χ1n) is 6.29. The molecule has 0 bridgehead atoms. The second-order valence-electron chi connectivity index (χ2n) is 4.82. The van der Waals surface area contributed by atoms with Gasteiger partial charge >= 0.3 is 0 Å². The molecule has 0 aliphatic heterocycles. The maximum atomic E-state index is 10.8. The summed E-state index contributed by atoms with van der Waals surface area (Å²) < 4.78 is 24.2. The molecule has 0 radical (unpaired) electrons. The lowest BCUT2D eigenvalue weighted by atomic mass is 9.77. The van der Waals surface area contributed by atoms with Crippen molar-refractivity contribution in [2.24, 2.45) is 0 Å². The van der Waals surface area contributed by atoms with Gasteiger partial charge in [-0.25, -0.2) is 13.1 Å². The molecule has 1 atom stereocenters. The van der Waals surface area contributed by atoms with Crippen LogP contribution in [0.15, 0.2) is 24.3 Å². The summed E-state index contributed by atoms with van der Waals surface area (Å²) in [5.41, 5.74) is 2.92. The van der Waals surface area contributed by atoms with Crippen LogP contribution >= 0.6 is 0 Å². The summed E-state index contributed by atoms with van der Waals surface area (Å²) in [4.78, 5) is 0. The molecule has 0 saturated carbocycles. The minimum absolute atomic E-state index is 0.507. The standard InChI is InChI=1S/C13H20N2O2S/c1-18(16,17)15-8-4-7-14-10-12-9-11-5-2-3-6-13(11)12/h2-3,5-6,12,14-15H,4,7-10H2,1H3. The molecule has 0 spiro atoms. The average Bonchev–Trinajstić information content (AvgIpc) is 2.27. The van der Waals surface area contributed by atoms with E-state index in [9.17, 15) is 8.42 Å². The first kappa shape index (κ1) is 13.5. The predicted octanol–water partition coefficient (Wildman–Crippen LogP) is 0.855. The lowest BCUT2D eigenvalue weighted by Crippen LogP contribution is -2.31. The molecular formula is C13H20N2O2S. The Morgan fingerprint density at radius 2 is 2.06 bits per heavy atom. The summed E-state index contributed by atoms with van der Waals surface area (Å²) in [6.45, 7) is 2.34. The third kappa shape index (κ3) is 3.80. The Morgan fingerprint density at radius 3 is 2.78 bits per heavy atom. The normalized spacial score (nSPS) is 18.2. The van der Waals surface area contributed by atoms with E-state index in [0.717, 1.165) is 25.9 Å². The molecule has 2 rings (SSSR count). The smallest absolute Gasteiger partial charge is 0.208 e. The van der Waals surface area contributed by atoms with E-state index in [4.69, 9.17) is 0 Å². The van der Waals surface area contributed by atoms with E-state index in [0.29, 0.717) is 12.5 Å². The van der Waals surface area contributed by atoms with Gasteiger partial charge < -0.3 is 5.32 Å². The molecule has 1 aliphatic rings. The lowest BCUT2D eigenvalue weighted by Gasteiger charge is -2.30. The van der Waals surface area contributed by atoms with Crippen molar-refractivity contribution < 1.29 is 8.42 Å². The summed E-state index contributed by atoms with van der Waals surface area (Å²) in [5, 5.41) is 3.38. The van der Waals surface area contributed by atoms with Crippen molar-refractivity contribution in [3.05, 3.63) is 35.4 Å². The fraction of sp³-hybridized carbons (Fsp3) is 0.538. The van der Waals surface area contributed by atoms with Crippen LogP contribution in [0.25, 0.3) is 0 Å². The van der Waals surface area contributed by atoms with E-state index in [1.807, 2.05) is 0 Å². The highest BCUT2D eigenvalue weighted by Crippen LogP contribution is 2.33. The molecule has 0 saturated heterocycles. The highest BCUT2D eigenvalue weighted by atomic mass is 32.2. The van der Waals surface area contributed by atoms with Gasteiger partial charge in [-0.1, -0.05) is 24.3 Å². The molecule has 4 nitrogen and oxygen atoms in total. The molecule has 0 aromatic heterocycles. The molecule has 5 heteroatoms. The minimum atomic E-state index is -3.04. The Labute approximate surface area is 109 Å². The number of sulfonamides is 1. The molecular weight excluding hydrogens is 248 g/mol. The van der Waals surface area contributed by atoms with Gasteiger partial charge in [-0.05, 0) is 30.5 Å². The van der Waals surface area contributed by atoms with Gasteiger partial charge in [-0.2, -0.15) is 0 Å². The molecule has 1 aliphatic carbocycles. The quantitative estimate of drug-likeness (QED) is 0.721. The van der Waals surface area contributed by atoms with Gasteiger partial charge in [0.05, 0.1) is 6.26 Å². The van der Waals surface area contributed by atoms with Crippen molar-refractivity contribution in [3.63, 3.8) is 0 Å². The number of benzene rings is 1. The van der Waals surface area contributed by atoms with Crippen molar-refractivity contribution in [1.82, 2.24) is 10.0 Å². The van der Waals surface area contributed by atoms with Crippen LogP contribution in [-0.4, -0.2) is 34.3 Å². The first-order chi connectivity index (χ1) is 8.56. The molecule has 1 unspecified atom stereocenters. The lowest BCUT2D eigenvalue weighted by molar-refractivity contribution is 0.526. The Kier molecular flexibility index (Phi) is 4.37. The Bertz CT molecular complexity index is 499. The Balaban J connectivity index is 1.58. The fourth-order valence-electron chi connectivity index (χ4n) is 2.29. The van der Waals surface area contributed by atoms with Crippen LogP contribution in [-0.2, 0) is 16.4 Å². The molecule has 0 fully saturated rings. The first-order valence-corrected chi connectivity index (χ1v) is 8.18. The number of nitrogens with one attached hydrogen (secondary N) is 2. The van der Waals surface area contributed by atoms with Crippen molar-refractivity contribution in [2.75, 3.05) is 25.9 Å². The SMILES string of the molecule is CS(=O)(=O)NCCCNCC1Cc2ccccc21. The van der Waals surface area contributed by atoms with Gasteiger partial charge in [0.25, 0.3) is 0 Å². The topological polar surface area (TPSA) is 58.2 Å². The zero-order chi connectivity index (χ0) is 13.0. The molecule has 0 amide bonds. The van der Waals surface area contributed by atoms with Gasteiger partial charge in [0, 0.05) is 19.0 Å². The average molecular weight is 268 g/mol. The number of rotatable bonds is 7. The van der Waals surface area contributed by atoms with Gasteiger partial charge in [-0.15, -0.1) is 0 Å². The van der Waals surface area contributed by atoms with Crippen LogP contribution in [0.1, 0.15) is 23.5 Å². The second-order valence-corrected chi connectivity index (χ2v) is 6.66. The van der Waals surface area contributed by atoms with E-state index in [1.165, 1.54) is 17.4 Å². The fourth-order valence-corrected chi connectivity index (χ4v) is 2.81. The maximum Gasteiger partial charge on any atom is 0.208 e. The van der Waals surface area contributed by atoms with Crippen LogP contribution in [0.2, 0.25) is 0 Å². The number of hydrogen-bond donors (Lipinski definition) is 2. The molecule has 18 heavy (non-hydrogen) atoms. The third-order valence-electron chi connectivity index (χ3n) is 3.25. The van der Waals surface area contributed by atoms with Crippen LogP contribution in [0, 0.1) is 0 Å². The molecule has 100 valence electrons. The highest BCUT2D eigenvalue weighted by Gasteiger charge is 2.24. The van der Waals surface area contributed by atoms with E-state index >= 15 is 0 Å². The number of fused-ring (bicyclic) bond motifs is 1. The number of hydrogen-bond acceptors (Lipinski definition) is 3.